The second kappa shape index (κ2) is 2.71. The van der Waals surface area contributed by atoms with E-state index in [2.05, 4.69) is 0 Å². The lowest BCUT2D eigenvalue weighted by molar-refractivity contribution is 0.380. The number of ether oxygens (including phenoxy) is 1. The van der Waals surface area contributed by atoms with Crippen molar-refractivity contribution in [3.8, 4) is 0 Å². The Labute approximate surface area is 74.6 Å². The lowest BCUT2D eigenvalue weighted by atomic mass is 10.4. The third-order valence-corrected chi connectivity index (χ3v) is 3.16. The fourth-order valence-corrected chi connectivity index (χ4v) is 2.02. The Morgan fingerprint density at radius 2 is 2.33 bits per heavy atom. The van der Waals surface area contributed by atoms with Gasteiger partial charge in [-0.1, -0.05) is 11.3 Å². The van der Waals surface area contributed by atoms with Crippen molar-refractivity contribution < 1.29 is 4.74 Å². The lowest BCUT2D eigenvalue weighted by Crippen LogP contribution is -2.17. The van der Waals surface area contributed by atoms with E-state index in [1.165, 1.54) is 11.3 Å². The molecule has 1 atom stereocenters. The van der Waals surface area contributed by atoms with E-state index in [1.807, 2.05) is 13.8 Å². The van der Waals surface area contributed by atoms with Gasteiger partial charge in [0.25, 0.3) is 0 Å². The van der Waals surface area contributed by atoms with Crippen LogP contribution in [-0.4, -0.2) is 17.3 Å². The first-order chi connectivity index (χ1) is 5.68. The van der Waals surface area contributed by atoms with Gasteiger partial charge in [0, 0.05) is 10.6 Å². The second-order valence-corrected chi connectivity index (χ2v) is 4.24. The minimum Gasteiger partial charge on any atom is -0.371 e. The third-order valence-electron chi connectivity index (χ3n) is 2.16. The Morgan fingerprint density at radius 1 is 1.67 bits per heavy atom. The summed E-state index contributed by atoms with van der Waals surface area (Å²) >= 11 is 1.32. The van der Waals surface area contributed by atoms with Crippen molar-refractivity contribution in [2.24, 2.45) is 0 Å². The van der Waals surface area contributed by atoms with Crippen LogP contribution in [-0.2, 0) is 11.3 Å². The monoisotopic (exact) mass is 185 g/mol. The van der Waals surface area contributed by atoms with Gasteiger partial charge in [-0.25, -0.2) is 0 Å². The third kappa shape index (κ3) is 1.32. The van der Waals surface area contributed by atoms with E-state index in [0.717, 1.165) is 23.7 Å². The summed E-state index contributed by atoms with van der Waals surface area (Å²) < 4.78 is 6.88. The van der Waals surface area contributed by atoms with Gasteiger partial charge in [0.15, 0.2) is 0 Å². The van der Waals surface area contributed by atoms with E-state index in [-0.39, 0.29) is 11.0 Å². The zero-order chi connectivity index (χ0) is 8.72. The molecule has 1 unspecified atom stereocenters. The fourth-order valence-electron chi connectivity index (χ4n) is 1.18. The summed E-state index contributed by atoms with van der Waals surface area (Å²) in [5, 5.41) is 0. The molecular weight excluding hydrogens is 174 g/mol. The summed E-state index contributed by atoms with van der Waals surface area (Å²) in [4.78, 5) is 12.6. The Morgan fingerprint density at radius 3 is 2.75 bits per heavy atom. The van der Waals surface area contributed by atoms with Crippen LogP contribution in [0.25, 0.3) is 0 Å². The van der Waals surface area contributed by atoms with Crippen LogP contribution in [0.3, 0.4) is 0 Å². The molecule has 1 aromatic heterocycles. The molecular formula is C8H11NO2S. The number of hydrogen-bond acceptors (Lipinski definition) is 3. The molecule has 0 N–H and O–H groups in total. The molecule has 0 spiro atoms. The molecule has 2 heterocycles. The number of epoxide rings is 1. The number of rotatable bonds is 2. The van der Waals surface area contributed by atoms with Crippen molar-refractivity contribution in [2.75, 3.05) is 6.61 Å². The maximum absolute atomic E-state index is 11.4. The van der Waals surface area contributed by atoms with Crippen LogP contribution < -0.4 is 4.87 Å². The Hall–Kier alpha value is -0.610. The molecule has 12 heavy (non-hydrogen) atoms. The summed E-state index contributed by atoms with van der Waals surface area (Å²) in [5.74, 6) is 0. The minimum absolute atomic E-state index is 0.139. The van der Waals surface area contributed by atoms with Crippen molar-refractivity contribution in [3.05, 3.63) is 20.2 Å². The first-order valence-electron chi connectivity index (χ1n) is 3.97. The summed E-state index contributed by atoms with van der Waals surface area (Å²) in [6, 6.07) is 0. The molecule has 1 aliphatic heterocycles. The SMILES string of the molecule is Cc1sc(=O)n(CC2CO2)c1C. The van der Waals surface area contributed by atoms with Crippen LogP contribution >= 0.6 is 11.3 Å². The van der Waals surface area contributed by atoms with Gasteiger partial charge in [0.05, 0.1) is 19.3 Å². The van der Waals surface area contributed by atoms with Crippen LogP contribution in [0.1, 0.15) is 10.6 Å². The molecule has 1 aromatic rings. The average Bonchev–Trinajstić information content (AvgIpc) is 2.77. The van der Waals surface area contributed by atoms with Crippen LogP contribution in [0, 0.1) is 13.8 Å². The largest absolute Gasteiger partial charge is 0.371 e. The average molecular weight is 185 g/mol. The van der Waals surface area contributed by atoms with Crippen LogP contribution in [0.4, 0.5) is 0 Å². The Bertz CT molecular complexity index is 348. The summed E-state index contributed by atoms with van der Waals surface area (Å²) in [7, 11) is 0. The number of aromatic nitrogens is 1. The Kier molecular flexibility index (Phi) is 1.81. The lowest BCUT2D eigenvalue weighted by Gasteiger charge is -2.00. The first kappa shape index (κ1) is 8.01. The number of thiazole rings is 1. The standard InChI is InChI=1S/C8H11NO2S/c1-5-6(2)12-8(10)9(5)3-7-4-11-7/h7H,3-4H2,1-2H3. The molecule has 2 rings (SSSR count). The van der Waals surface area contributed by atoms with Crippen molar-refractivity contribution in [2.45, 2.75) is 26.5 Å². The molecule has 0 bridgehead atoms. The van der Waals surface area contributed by atoms with Gasteiger partial charge < -0.3 is 9.30 Å². The van der Waals surface area contributed by atoms with Crippen LogP contribution in [0.15, 0.2) is 4.79 Å². The van der Waals surface area contributed by atoms with E-state index >= 15 is 0 Å². The van der Waals surface area contributed by atoms with Crippen molar-refractivity contribution in [1.29, 1.82) is 0 Å². The molecule has 0 amide bonds. The summed E-state index contributed by atoms with van der Waals surface area (Å²) in [6.07, 6.45) is 0.287. The maximum Gasteiger partial charge on any atom is 0.307 e. The molecule has 0 radical (unpaired) electrons. The molecule has 66 valence electrons. The topological polar surface area (TPSA) is 34.5 Å². The van der Waals surface area contributed by atoms with Gasteiger partial charge >= 0.3 is 4.87 Å². The molecule has 0 aliphatic carbocycles. The van der Waals surface area contributed by atoms with E-state index in [0.29, 0.717) is 0 Å². The smallest absolute Gasteiger partial charge is 0.307 e. The van der Waals surface area contributed by atoms with Crippen molar-refractivity contribution >= 4 is 11.3 Å². The number of hydrogen-bond donors (Lipinski definition) is 0. The van der Waals surface area contributed by atoms with Gasteiger partial charge in [-0.05, 0) is 13.8 Å². The molecule has 1 aliphatic rings. The highest BCUT2D eigenvalue weighted by atomic mass is 32.1. The summed E-state index contributed by atoms with van der Waals surface area (Å²) in [6.45, 7) is 5.50. The highest BCUT2D eigenvalue weighted by Gasteiger charge is 2.24. The molecule has 1 saturated heterocycles. The minimum atomic E-state index is 0.139. The zero-order valence-electron chi connectivity index (χ0n) is 7.16. The van der Waals surface area contributed by atoms with Gasteiger partial charge in [-0.3, -0.25) is 4.79 Å². The quantitative estimate of drug-likeness (QED) is 0.642. The Balaban J connectivity index is 2.33. The number of nitrogens with zero attached hydrogens (tertiary/aromatic N) is 1. The molecule has 1 fully saturated rings. The van der Waals surface area contributed by atoms with Gasteiger partial charge in [0.2, 0.25) is 0 Å². The normalized spacial score (nSPS) is 21.3. The molecule has 0 saturated carbocycles. The van der Waals surface area contributed by atoms with E-state index in [4.69, 9.17) is 4.74 Å². The van der Waals surface area contributed by atoms with Crippen molar-refractivity contribution in [1.82, 2.24) is 4.57 Å². The van der Waals surface area contributed by atoms with Crippen LogP contribution in [0.2, 0.25) is 0 Å². The van der Waals surface area contributed by atoms with E-state index in [1.54, 1.807) is 4.57 Å². The summed E-state index contributed by atoms with van der Waals surface area (Å²) in [5.41, 5.74) is 1.08. The molecule has 4 heteroatoms. The predicted molar refractivity (Wildman–Crippen MR) is 47.8 cm³/mol. The van der Waals surface area contributed by atoms with E-state index in [9.17, 15) is 4.79 Å². The molecule has 0 aromatic carbocycles. The first-order valence-corrected chi connectivity index (χ1v) is 4.78. The molecule has 3 nitrogen and oxygen atoms in total. The predicted octanol–water partition coefficient (Wildman–Crippen LogP) is 0.925. The number of aryl methyl sites for hydroxylation is 1. The zero-order valence-corrected chi connectivity index (χ0v) is 7.98. The van der Waals surface area contributed by atoms with Gasteiger partial charge in [-0.2, -0.15) is 0 Å². The fraction of sp³-hybridized carbons (Fsp3) is 0.625. The van der Waals surface area contributed by atoms with Gasteiger partial charge in [-0.15, -0.1) is 0 Å². The van der Waals surface area contributed by atoms with Crippen molar-refractivity contribution in [3.63, 3.8) is 0 Å². The van der Waals surface area contributed by atoms with Crippen LogP contribution in [0.5, 0.6) is 0 Å². The maximum atomic E-state index is 11.4. The second-order valence-electron chi connectivity index (χ2n) is 3.08. The highest BCUT2D eigenvalue weighted by molar-refractivity contribution is 7.09. The van der Waals surface area contributed by atoms with E-state index < -0.39 is 0 Å². The van der Waals surface area contributed by atoms with Gasteiger partial charge in [0.1, 0.15) is 0 Å². The highest BCUT2D eigenvalue weighted by Crippen LogP contribution is 2.15.